The van der Waals surface area contributed by atoms with Crippen LogP contribution in [0.5, 0.6) is 0 Å². The van der Waals surface area contributed by atoms with Crippen molar-refractivity contribution in [2.75, 3.05) is 39.3 Å². The smallest absolute Gasteiger partial charge is 0.0449 e. The van der Waals surface area contributed by atoms with Gasteiger partial charge in [-0.1, -0.05) is 51.1 Å². The first kappa shape index (κ1) is 16.5. The van der Waals surface area contributed by atoms with Crippen LogP contribution >= 0.6 is 0 Å². The van der Waals surface area contributed by atoms with E-state index < -0.39 is 0 Å². The van der Waals surface area contributed by atoms with E-state index in [1.165, 1.54) is 38.2 Å². The summed E-state index contributed by atoms with van der Waals surface area (Å²) in [6.45, 7) is 13.7. The van der Waals surface area contributed by atoms with Crippen LogP contribution in [0.15, 0.2) is 30.3 Å². The van der Waals surface area contributed by atoms with Crippen LogP contribution in [0.3, 0.4) is 0 Å². The van der Waals surface area contributed by atoms with Gasteiger partial charge in [0, 0.05) is 25.2 Å². The van der Waals surface area contributed by atoms with Gasteiger partial charge < -0.3 is 5.32 Å². The van der Waals surface area contributed by atoms with Crippen molar-refractivity contribution in [1.29, 1.82) is 0 Å². The van der Waals surface area contributed by atoms with Crippen molar-refractivity contribution in [2.45, 2.75) is 39.3 Å². The van der Waals surface area contributed by atoms with Crippen molar-refractivity contribution < 1.29 is 0 Å². The minimum atomic E-state index is 0.451. The maximum atomic E-state index is 3.64. The summed E-state index contributed by atoms with van der Waals surface area (Å²) < 4.78 is 0. The first-order valence-electron chi connectivity index (χ1n) is 8.53. The Hall–Kier alpha value is -0.900. The Morgan fingerprint density at radius 1 is 1.19 bits per heavy atom. The molecule has 1 aromatic carbocycles. The van der Waals surface area contributed by atoms with Gasteiger partial charge in [0.15, 0.2) is 0 Å². The van der Waals surface area contributed by atoms with E-state index in [-0.39, 0.29) is 0 Å². The highest BCUT2D eigenvalue weighted by molar-refractivity contribution is 5.19. The largest absolute Gasteiger partial charge is 0.309 e. The summed E-state index contributed by atoms with van der Waals surface area (Å²) in [6.07, 6.45) is 1.31. The van der Waals surface area contributed by atoms with E-state index in [9.17, 15) is 0 Å². The molecule has 0 bridgehead atoms. The molecular weight excluding hydrogens is 258 g/mol. The standard InChI is InChI=1S/C18H31N3/c1-4-19-18(16-10-8-7-9-11-16)15-20-13-12-17(14-20)21(5-2)6-3/h7-11,17-19H,4-6,12-15H2,1-3H3. The predicted octanol–water partition coefficient (Wildman–Crippen LogP) is 2.75. The maximum absolute atomic E-state index is 3.64. The number of nitrogens with zero attached hydrogens (tertiary/aromatic N) is 2. The van der Waals surface area contributed by atoms with Gasteiger partial charge in [-0.25, -0.2) is 0 Å². The van der Waals surface area contributed by atoms with Crippen LogP contribution in [0.1, 0.15) is 38.8 Å². The summed E-state index contributed by atoms with van der Waals surface area (Å²) in [6, 6.07) is 12.1. The van der Waals surface area contributed by atoms with E-state index in [0.717, 1.165) is 19.1 Å². The Balaban J connectivity index is 1.93. The van der Waals surface area contributed by atoms with Crippen LogP contribution in [-0.4, -0.2) is 55.1 Å². The summed E-state index contributed by atoms with van der Waals surface area (Å²) in [5.41, 5.74) is 1.41. The van der Waals surface area contributed by atoms with E-state index >= 15 is 0 Å². The average Bonchev–Trinajstić information content (AvgIpc) is 2.97. The van der Waals surface area contributed by atoms with E-state index in [2.05, 4.69) is 66.2 Å². The average molecular weight is 289 g/mol. The van der Waals surface area contributed by atoms with Gasteiger partial charge >= 0.3 is 0 Å². The molecule has 1 heterocycles. The molecule has 2 atom stereocenters. The number of likely N-dealkylation sites (tertiary alicyclic amines) is 1. The van der Waals surface area contributed by atoms with E-state index in [4.69, 9.17) is 0 Å². The molecule has 1 saturated heterocycles. The summed E-state index contributed by atoms with van der Waals surface area (Å²) >= 11 is 0. The zero-order chi connectivity index (χ0) is 15.1. The first-order valence-corrected chi connectivity index (χ1v) is 8.53. The van der Waals surface area contributed by atoms with Crippen molar-refractivity contribution in [1.82, 2.24) is 15.1 Å². The van der Waals surface area contributed by atoms with Crippen molar-refractivity contribution in [3.63, 3.8) is 0 Å². The van der Waals surface area contributed by atoms with Crippen LogP contribution in [0, 0.1) is 0 Å². The number of benzene rings is 1. The lowest BCUT2D eigenvalue weighted by Gasteiger charge is -2.28. The number of likely N-dealkylation sites (N-methyl/N-ethyl adjacent to an activating group) is 2. The SMILES string of the molecule is CCNC(CN1CCC(N(CC)CC)C1)c1ccccc1. The fourth-order valence-corrected chi connectivity index (χ4v) is 3.49. The predicted molar refractivity (Wildman–Crippen MR) is 90.6 cm³/mol. The van der Waals surface area contributed by atoms with Gasteiger partial charge in [-0.3, -0.25) is 9.80 Å². The maximum Gasteiger partial charge on any atom is 0.0449 e. The highest BCUT2D eigenvalue weighted by atomic mass is 15.3. The van der Waals surface area contributed by atoms with Gasteiger partial charge in [0.25, 0.3) is 0 Å². The Morgan fingerprint density at radius 3 is 2.52 bits per heavy atom. The second-order valence-corrected chi connectivity index (χ2v) is 5.94. The van der Waals surface area contributed by atoms with E-state index in [0.29, 0.717) is 6.04 Å². The van der Waals surface area contributed by atoms with Gasteiger partial charge in [-0.2, -0.15) is 0 Å². The fraction of sp³-hybridized carbons (Fsp3) is 0.667. The van der Waals surface area contributed by atoms with Crippen LogP contribution < -0.4 is 5.32 Å². The van der Waals surface area contributed by atoms with E-state index in [1.54, 1.807) is 0 Å². The van der Waals surface area contributed by atoms with Crippen molar-refractivity contribution in [3.05, 3.63) is 35.9 Å². The zero-order valence-electron chi connectivity index (χ0n) is 13.9. The molecule has 1 N–H and O–H groups in total. The molecule has 0 aromatic heterocycles. The lowest BCUT2D eigenvalue weighted by atomic mass is 10.1. The third-order valence-corrected chi connectivity index (χ3v) is 4.67. The molecule has 2 rings (SSSR count). The molecule has 1 fully saturated rings. The number of hydrogen-bond donors (Lipinski definition) is 1. The molecule has 0 amide bonds. The Morgan fingerprint density at radius 2 is 1.90 bits per heavy atom. The van der Waals surface area contributed by atoms with Crippen LogP contribution in [0.4, 0.5) is 0 Å². The zero-order valence-corrected chi connectivity index (χ0v) is 13.9. The Labute approximate surface area is 130 Å². The number of nitrogens with one attached hydrogen (secondary N) is 1. The first-order chi connectivity index (χ1) is 10.3. The summed E-state index contributed by atoms with van der Waals surface area (Å²) in [4.78, 5) is 5.23. The normalized spacial score (nSPS) is 21.0. The second-order valence-electron chi connectivity index (χ2n) is 5.94. The molecule has 0 radical (unpaired) electrons. The van der Waals surface area contributed by atoms with Crippen molar-refractivity contribution >= 4 is 0 Å². The molecule has 1 aliphatic heterocycles. The molecule has 3 nitrogen and oxygen atoms in total. The van der Waals surface area contributed by atoms with Crippen molar-refractivity contribution in [2.24, 2.45) is 0 Å². The topological polar surface area (TPSA) is 18.5 Å². The minimum absolute atomic E-state index is 0.451. The number of hydrogen-bond acceptors (Lipinski definition) is 3. The van der Waals surface area contributed by atoms with Gasteiger partial charge in [0.05, 0.1) is 0 Å². The minimum Gasteiger partial charge on any atom is -0.309 e. The molecule has 118 valence electrons. The molecule has 1 aromatic rings. The highest BCUT2D eigenvalue weighted by Crippen LogP contribution is 2.20. The number of rotatable bonds is 8. The van der Waals surface area contributed by atoms with Crippen LogP contribution in [0.2, 0.25) is 0 Å². The summed E-state index contributed by atoms with van der Waals surface area (Å²) in [5.74, 6) is 0. The lowest BCUT2D eigenvalue weighted by molar-refractivity contribution is 0.205. The third-order valence-electron chi connectivity index (χ3n) is 4.67. The highest BCUT2D eigenvalue weighted by Gasteiger charge is 2.27. The quantitative estimate of drug-likeness (QED) is 0.794. The molecule has 0 aliphatic carbocycles. The second kappa shape index (κ2) is 8.52. The summed E-state index contributed by atoms with van der Waals surface area (Å²) in [5, 5.41) is 3.64. The molecule has 2 unspecified atom stereocenters. The van der Waals surface area contributed by atoms with Crippen LogP contribution in [-0.2, 0) is 0 Å². The summed E-state index contributed by atoms with van der Waals surface area (Å²) in [7, 11) is 0. The molecule has 3 heteroatoms. The Bertz CT molecular complexity index is 389. The van der Waals surface area contributed by atoms with Gasteiger partial charge in [-0.15, -0.1) is 0 Å². The Kier molecular flexibility index (Phi) is 6.68. The monoisotopic (exact) mass is 289 g/mol. The van der Waals surface area contributed by atoms with Crippen molar-refractivity contribution in [3.8, 4) is 0 Å². The van der Waals surface area contributed by atoms with Gasteiger partial charge in [0.2, 0.25) is 0 Å². The molecular formula is C18H31N3. The van der Waals surface area contributed by atoms with Gasteiger partial charge in [0.1, 0.15) is 0 Å². The lowest BCUT2D eigenvalue weighted by Crippen LogP contribution is -2.39. The molecule has 1 aliphatic rings. The van der Waals surface area contributed by atoms with Gasteiger partial charge in [-0.05, 0) is 38.2 Å². The molecule has 0 saturated carbocycles. The van der Waals surface area contributed by atoms with Crippen LogP contribution in [0.25, 0.3) is 0 Å². The van der Waals surface area contributed by atoms with E-state index in [1.807, 2.05) is 0 Å². The molecule has 21 heavy (non-hydrogen) atoms. The third kappa shape index (κ3) is 4.53. The molecule has 0 spiro atoms. The fourth-order valence-electron chi connectivity index (χ4n) is 3.49.